The summed E-state index contributed by atoms with van der Waals surface area (Å²) in [7, 11) is 1.89. The first-order chi connectivity index (χ1) is 5.63. The van der Waals surface area contributed by atoms with Crippen LogP contribution in [0, 0.1) is 19.3 Å². The van der Waals surface area contributed by atoms with Crippen LogP contribution < -0.4 is 5.32 Å². The highest BCUT2D eigenvalue weighted by atomic mass is 15.3. The topological polar surface area (TPSA) is 29.9 Å². The van der Waals surface area contributed by atoms with Crippen LogP contribution in [0.15, 0.2) is 6.20 Å². The fraction of sp³-hybridized carbons (Fsp3) is 0.444. The van der Waals surface area contributed by atoms with Gasteiger partial charge in [-0.25, -0.2) is 0 Å². The third-order valence-electron chi connectivity index (χ3n) is 1.64. The van der Waals surface area contributed by atoms with Crippen LogP contribution in [0.3, 0.4) is 0 Å². The predicted molar refractivity (Wildman–Crippen MR) is 49.9 cm³/mol. The van der Waals surface area contributed by atoms with Gasteiger partial charge in [0, 0.05) is 13.2 Å². The highest BCUT2D eigenvalue weighted by molar-refractivity contribution is 5.47. The van der Waals surface area contributed by atoms with Crippen molar-refractivity contribution in [1.82, 2.24) is 9.78 Å². The van der Waals surface area contributed by atoms with Gasteiger partial charge >= 0.3 is 0 Å². The number of hydrogen-bond donors (Lipinski definition) is 1. The molecule has 0 aromatic carbocycles. The molecule has 1 heterocycles. The van der Waals surface area contributed by atoms with E-state index < -0.39 is 0 Å². The van der Waals surface area contributed by atoms with Crippen LogP contribution in [-0.2, 0) is 7.05 Å². The Morgan fingerprint density at radius 1 is 1.75 bits per heavy atom. The molecule has 0 radical (unpaired) electrons. The van der Waals surface area contributed by atoms with Crippen LogP contribution in [0.25, 0.3) is 0 Å². The number of terminal acetylenes is 1. The number of hydrogen-bond acceptors (Lipinski definition) is 2. The van der Waals surface area contributed by atoms with Crippen molar-refractivity contribution in [2.75, 3.05) is 5.32 Å². The van der Waals surface area contributed by atoms with Crippen LogP contribution in [0.4, 0.5) is 5.69 Å². The van der Waals surface area contributed by atoms with E-state index in [1.807, 2.05) is 27.1 Å². The van der Waals surface area contributed by atoms with E-state index in [1.165, 1.54) is 0 Å². The van der Waals surface area contributed by atoms with Gasteiger partial charge in [-0.15, -0.1) is 6.42 Å². The average molecular weight is 163 g/mol. The quantitative estimate of drug-likeness (QED) is 0.663. The molecule has 0 bridgehead atoms. The van der Waals surface area contributed by atoms with Crippen molar-refractivity contribution >= 4 is 5.69 Å². The van der Waals surface area contributed by atoms with Crippen molar-refractivity contribution in [3.8, 4) is 12.3 Å². The zero-order valence-corrected chi connectivity index (χ0v) is 7.63. The van der Waals surface area contributed by atoms with Gasteiger partial charge < -0.3 is 5.32 Å². The standard InChI is InChI=1S/C9H13N3/c1-5-7(2)10-9-6-12(4)11-8(9)3/h1,6-7,10H,2-4H3. The molecule has 3 heteroatoms. The summed E-state index contributed by atoms with van der Waals surface area (Å²) in [6, 6.07) is 0.0490. The van der Waals surface area contributed by atoms with Gasteiger partial charge in [-0.3, -0.25) is 4.68 Å². The van der Waals surface area contributed by atoms with Crippen molar-refractivity contribution in [3.05, 3.63) is 11.9 Å². The van der Waals surface area contributed by atoms with Gasteiger partial charge in [0.15, 0.2) is 0 Å². The number of nitrogens with one attached hydrogen (secondary N) is 1. The lowest BCUT2D eigenvalue weighted by molar-refractivity contribution is 0.756. The summed E-state index contributed by atoms with van der Waals surface area (Å²) in [5, 5.41) is 7.35. The lowest BCUT2D eigenvalue weighted by atomic mass is 10.3. The van der Waals surface area contributed by atoms with E-state index in [-0.39, 0.29) is 6.04 Å². The molecule has 1 aromatic rings. The first-order valence-corrected chi connectivity index (χ1v) is 3.86. The van der Waals surface area contributed by atoms with Gasteiger partial charge in [0.05, 0.1) is 17.4 Å². The first kappa shape index (κ1) is 8.66. The van der Waals surface area contributed by atoms with E-state index in [4.69, 9.17) is 6.42 Å². The van der Waals surface area contributed by atoms with Crippen LogP contribution >= 0.6 is 0 Å². The predicted octanol–water partition coefficient (Wildman–Crippen LogP) is 1.16. The Morgan fingerprint density at radius 3 is 2.83 bits per heavy atom. The largest absolute Gasteiger partial charge is 0.369 e. The third kappa shape index (κ3) is 1.79. The van der Waals surface area contributed by atoms with Crippen molar-refractivity contribution in [2.45, 2.75) is 19.9 Å². The molecule has 0 spiro atoms. The number of nitrogens with zero attached hydrogens (tertiary/aromatic N) is 2. The average Bonchev–Trinajstić information content (AvgIpc) is 2.30. The smallest absolute Gasteiger partial charge is 0.0847 e. The summed E-state index contributed by atoms with van der Waals surface area (Å²) in [5.74, 6) is 2.60. The molecule has 3 nitrogen and oxygen atoms in total. The van der Waals surface area contributed by atoms with E-state index in [0.29, 0.717) is 0 Å². The monoisotopic (exact) mass is 163 g/mol. The molecule has 0 aliphatic carbocycles. The van der Waals surface area contributed by atoms with E-state index in [0.717, 1.165) is 11.4 Å². The third-order valence-corrected chi connectivity index (χ3v) is 1.64. The Labute approximate surface area is 72.8 Å². The lowest BCUT2D eigenvalue weighted by Gasteiger charge is -2.06. The zero-order chi connectivity index (χ0) is 9.14. The Hall–Kier alpha value is -1.43. The number of aryl methyl sites for hydroxylation is 2. The SMILES string of the molecule is C#CC(C)Nc1cn(C)nc1C. The molecule has 0 aliphatic rings. The highest BCUT2D eigenvalue weighted by Crippen LogP contribution is 2.11. The maximum absolute atomic E-state index is 5.24. The molecule has 1 unspecified atom stereocenters. The Bertz CT molecular complexity index is 306. The summed E-state index contributed by atoms with van der Waals surface area (Å²) in [6.07, 6.45) is 7.16. The summed E-state index contributed by atoms with van der Waals surface area (Å²) >= 11 is 0. The van der Waals surface area contributed by atoms with Crippen LogP contribution in [0.1, 0.15) is 12.6 Å². The van der Waals surface area contributed by atoms with Crippen LogP contribution in [-0.4, -0.2) is 15.8 Å². The molecular formula is C9H13N3. The zero-order valence-electron chi connectivity index (χ0n) is 7.63. The van der Waals surface area contributed by atoms with Gasteiger partial charge in [0.25, 0.3) is 0 Å². The van der Waals surface area contributed by atoms with E-state index in [2.05, 4.69) is 16.3 Å². The summed E-state index contributed by atoms with van der Waals surface area (Å²) < 4.78 is 1.76. The second kappa shape index (κ2) is 3.31. The molecule has 0 aliphatic heterocycles. The molecule has 1 rings (SSSR count). The molecule has 12 heavy (non-hydrogen) atoms. The number of rotatable bonds is 2. The Morgan fingerprint density at radius 2 is 2.42 bits per heavy atom. The van der Waals surface area contributed by atoms with Gasteiger partial charge in [-0.2, -0.15) is 5.10 Å². The minimum Gasteiger partial charge on any atom is -0.369 e. The molecule has 64 valence electrons. The van der Waals surface area contributed by atoms with Crippen LogP contribution in [0.5, 0.6) is 0 Å². The molecule has 0 saturated carbocycles. The first-order valence-electron chi connectivity index (χ1n) is 3.86. The van der Waals surface area contributed by atoms with Crippen molar-refractivity contribution in [2.24, 2.45) is 7.05 Å². The van der Waals surface area contributed by atoms with Crippen molar-refractivity contribution in [1.29, 1.82) is 0 Å². The minimum atomic E-state index is 0.0490. The molecule has 1 aromatic heterocycles. The second-order valence-corrected chi connectivity index (χ2v) is 2.83. The molecule has 1 N–H and O–H groups in total. The molecule has 0 saturated heterocycles. The number of anilines is 1. The highest BCUT2D eigenvalue weighted by Gasteiger charge is 2.03. The van der Waals surface area contributed by atoms with E-state index in [1.54, 1.807) is 4.68 Å². The fourth-order valence-electron chi connectivity index (χ4n) is 1.02. The summed E-state index contributed by atoms with van der Waals surface area (Å²) in [4.78, 5) is 0. The summed E-state index contributed by atoms with van der Waals surface area (Å²) in [5.41, 5.74) is 1.97. The maximum Gasteiger partial charge on any atom is 0.0847 e. The fourth-order valence-corrected chi connectivity index (χ4v) is 1.02. The molecule has 0 fully saturated rings. The van der Waals surface area contributed by atoms with Crippen molar-refractivity contribution < 1.29 is 0 Å². The molecular weight excluding hydrogens is 150 g/mol. The normalized spacial score (nSPS) is 12.2. The van der Waals surface area contributed by atoms with Gasteiger partial charge in [0.1, 0.15) is 0 Å². The summed E-state index contributed by atoms with van der Waals surface area (Å²) in [6.45, 7) is 3.89. The van der Waals surface area contributed by atoms with E-state index >= 15 is 0 Å². The van der Waals surface area contributed by atoms with E-state index in [9.17, 15) is 0 Å². The van der Waals surface area contributed by atoms with Gasteiger partial charge in [0.2, 0.25) is 0 Å². The maximum atomic E-state index is 5.24. The van der Waals surface area contributed by atoms with Gasteiger partial charge in [-0.1, -0.05) is 5.92 Å². The second-order valence-electron chi connectivity index (χ2n) is 2.83. The van der Waals surface area contributed by atoms with Crippen molar-refractivity contribution in [3.63, 3.8) is 0 Å². The van der Waals surface area contributed by atoms with Gasteiger partial charge in [-0.05, 0) is 13.8 Å². The van der Waals surface area contributed by atoms with Crippen LogP contribution in [0.2, 0.25) is 0 Å². The molecule has 0 amide bonds. The number of aromatic nitrogens is 2. The molecule has 1 atom stereocenters. The Balaban J connectivity index is 2.76. The minimum absolute atomic E-state index is 0.0490. The lowest BCUT2D eigenvalue weighted by Crippen LogP contribution is -2.12. The Kier molecular flexibility index (Phi) is 2.39.